The second kappa shape index (κ2) is 4.33. The van der Waals surface area contributed by atoms with Crippen LogP contribution in [0.15, 0.2) is 46.8 Å². The Morgan fingerprint density at radius 1 is 1.22 bits per heavy atom. The van der Waals surface area contributed by atoms with E-state index in [-0.39, 0.29) is 11.3 Å². The zero-order valence-electron chi connectivity index (χ0n) is 9.58. The Morgan fingerprint density at radius 3 is 2.39 bits per heavy atom. The third kappa shape index (κ3) is 1.64. The highest BCUT2D eigenvalue weighted by atomic mass is 16.3. The lowest BCUT2D eigenvalue weighted by Gasteiger charge is -2.15. The number of carbonyl (C=O) groups is 2. The predicted molar refractivity (Wildman–Crippen MR) is 63.3 cm³/mol. The van der Waals surface area contributed by atoms with Crippen LogP contribution >= 0.6 is 0 Å². The maximum atomic E-state index is 12.0. The van der Waals surface area contributed by atoms with E-state index >= 15 is 0 Å². The summed E-state index contributed by atoms with van der Waals surface area (Å²) in [6, 6.07) is 8.22. The molecule has 0 radical (unpaired) electrons. The lowest BCUT2D eigenvalue weighted by atomic mass is 10.1. The lowest BCUT2D eigenvalue weighted by molar-refractivity contribution is -0.297. The van der Waals surface area contributed by atoms with Crippen LogP contribution in [0.3, 0.4) is 0 Å². The average Bonchev–Trinajstić information content (AvgIpc) is 2.61. The molecule has 92 valence electrons. The molecule has 18 heavy (non-hydrogen) atoms. The van der Waals surface area contributed by atoms with Gasteiger partial charge in [-0.05, 0) is 24.8 Å². The SMILES string of the molecule is C/C(=N\N)C1=C([O-])C(=O)N(c2ccccc2)C1=O. The highest BCUT2D eigenvalue weighted by Crippen LogP contribution is 2.25. The van der Waals surface area contributed by atoms with E-state index in [1.54, 1.807) is 30.3 Å². The Labute approximate surface area is 103 Å². The van der Waals surface area contributed by atoms with Crippen molar-refractivity contribution < 1.29 is 14.7 Å². The third-order valence-electron chi connectivity index (χ3n) is 2.61. The Morgan fingerprint density at radius 2 is 1.83 bits per heavy atom. The van der Waals surface area contributed by atoms with E-state index in [0.29, 0.717) is 5.69 Å². The molecule has 6 heteroatoms. The van der Waals surface area contributed by atoms with Gasteiger partial charge in [-0.2, -0.15) is 5.10 Å². The fourth-order valence-electron chi connectivity index (χ4n) is 1.70. The standard InChI is InChI=1S/C12H11N3O3/c1-7(14-13)9-10(16)12(18)15(11(9)17)8-5-3-2-4-6-8/h2-6,16H,13H2,1H3/p-1/b14-7+. The Balaban J connectivity index is 2.48. The molecule has 1 aliphatic heterocycles. The molecular formula is C12H10N3O3-. The summed E-state index contributed by atoms with van der Waals surface area (Å²) in [4.78, 5) is 24.6. The van der Waals surface area contributed by atoms with E-state index in [1.165, 1.54) is 6.92 Å². The second-order valence-corrected chi connectivity index (χ2v) is 3.70. The van der Waals surface area contributed by atoms with Crippen LogP contribution < -0.4 is 15.8 Å². The van der Waals surface area contributed by atoms with Gasteiger partial charge < -0.3 is 10.9 Å². The quantitative estimate of drug-likeness (QED) is 0.328. The van der Waals surface area contributed by atoms with Gasteiger partial charge in [-0.3, -0.25) is 9.59 Å². The first-order valence-corrected chi connectivity index (χ1v) is 5.18. The topological polar surface area (TPSA) is 98.8 Å². The molecule has 2 amide bonds. The van der Waals surface area contributed by atoms with Crippen LogP contribution in [0.1, 0.15) is 6.92 Å². The molecule has 1 aromatic carbocycles. The van der Waals surface area contributed by atoms with Crippen molar-refractivity contribution in [3.63, 3.8) is 0 Å². The molecule has 1 aliphatic rings. The molecule has 0 saturated heterocycles. The van der Waals surface area contributed by atoms with Gasteiger partial charge in [0.15, 0.2) is 0 Å². The van der Waals surface area contributed by atoms with Crippen molar-refractivity contribution in [1.82, 2.24) is 0 Å². The maximum Gasteiger partial charge on any atom is 0.266 e. The first-order chi connectivity index (χ1) is 8.57. The molecule has 0 aliphatic carbocycles. The van der Waals surface area contributed by atoms with Crippen LogP contribution in [0.4, 0.5) is 5.69 Å². The largest absolute Gasteiger partial charge is 0.868 e. The summed E-state index contributed by atoms with van der Waals surface area (Å²) >= 11 is 0. The molecule has 1 aromatic rings. The van der Waals surface area contributed by atoms with E-state index in [0.717, 1.165) is 4.90 Å². The van der Waals surface area contributed by atoms with Gasteiger partial charge in [0.25, 0.3) is 11.8 Å². The number of para-hydroxylation sites is 1. The normalized spacial score (nSPS) is 16.7. The fraction of sp³-hybridized carbons (Fsp3) is 0.0833. The van der Waals surface area contributed by atoms with Crippen molar-refractivity contribution >= 4 is 23.2 Å². The number of hydrogen-bond acceptors (Lipinski definition) is 5. The Kier molecular flexibility index (Phi) is 2.85. The summed E-state index contributed by atoms with van der Waals surface area (Å²) in [6.07, 6.45) is 0. The van der Waals surface area contributed by atoms with Crippen LogP contribution in [0.25, 0.3) is 0 Å². The van der Waals surface area contributed by atoms with E-state index in [2.05, 4.69) is 5.10 Å². The van der Waals surface area contributed by atoms with Gasteiger partial charge in [0.2, 0.25) is 0 Å². The van der Waals surface area contributed by atoms with Crippen molar-refractivity contribution in [1.29, 1.82) is 0 Å². The first kappa shape index (κ1) is 11.8. The summed E-state index contributed by atoms with van der Waals surface area (Å²) in [5.74, 6) is 2.58. The van der Waals surface area contributed by atoms with Crippen LogP contribution in [0.5, 0.6) is 0 Å². The molecule has 0 unspecified atom stereocenters. The lowest BCUT2D eigenvalue weighted by Crippen LogP contribution is -2.33. The Bertz CT molecular complexity index is 575. The monoisotopic (exact) mass is 244 g/mol. The highest BCUT2D eigenvalue weighted by Gasteiger charge is 2.35. The number of hydrogen-bond donors (Lipinski definition) is 1. The smallest absolute Gasteiger partial charge is 0.266 e. The van der Waals surface area contributed by atoms with Crippen LogP contribution in [0.2, 0.25) is 0 Å². The van der Waals surface area contributed by atoms with Crippen molar-refractivity contribution in [2.24, 2.45) is 10.9 Å². The van der Waals surface area contributed by atoms with Crippen molar-refractivity contribution in [3.8, 4) is 0 Å². The minimum absolute atomic E-state index is 0.0526. The fourth-order valence-corrected chi connectivity index (χ4v) is 1.70. The number of anilines is 1. The number of amides is 2. The molecule has 0 atom stereocenters. The molecule has 0 fully saturated rings. The zero-order valence-corrected chi connectivity index (χ0v) is 9.58. The number of imide groups is 1. The minimum Gasteiger partial charge on any atom is -0.868 e. The number of hydrazone groups is 1. The van der Waals surface area contributed by atoms with Gasteiger partial charge in [0.05, 0.1) is 17.0 Å². The highest BCUT2D eigenvalue weighted by molar-refractivity contribution is 6.40. The zero-order chi connectivity index (χ0) is 13.3. The molecule has 2 N–H and O–H groups in total. The van der Waals surface area contributed by atoms with Crippen molar-refractivity contribution in [2.45, 2.75) is 6.92 Å². The molecule has 1 heterocycles. The predicted octanol–water partition coefficient (Wildman–Crippen LogP) is -0.491. The van der Waals surface area contributed by atoms with Gasteiger partial charge in [-0.1, -0.05) is 18.2 Å². The number of benzene rings is 1. The number of rotatable bonds is 2. The molecule has 2 rings (SSSR count). The van der Waals surface area contributed by atoms with Crippen LogP contribution in [0, 0.1) is 0 Å². The van der Waals surface area contributed by atoms with Gasteiger partial charge >= 0.3 is 0 Å². The average molecular weight is 244 g/mol. The summed E-state index contributed by atoms with van der Waals surface area (Å²) in [5.41, 5.74) is 0.129. The molecular weight excluding hydrogens is 234 g/mol. The van der Waals surface area contributed by atoms with Crippen molar-refractivity contribution in [3.05, 3.63) is 41.7 Å². The van der Waals surface area contributed by atoms with E-state index in [1.807, 2.05) is 0 Å². The molecule has 6 nitrogen and oxygen atoms in total. The van der Waals surface area contributed by atoms with Gasteiger partial charge in [-0.25, -0.2) is 4.90 Å². The van der Waals surface area contributed by atoms with Gasteiger partial charge in [-0.15, -0.1) is 0 Å². The van der Waals surface area contributed by atoms with E-state index < -0.39 is 17.6 Å². The third-order valence-corrected chi connectivity index (χ3v) is 2.61. The second-order valence-electron chi connectivity index (χ2n) is 3.70. The molecule has 0 bridgehead atoms. The van der Waals surface area contributed by atoms with E-state index in [9.17, 15) is 14.7 Å². The van der Waals surface area contributed by atoms with Crippen molar-refractivity contribution in [2.75, 3.05) is 4.90 Å². The van der Waals surface area contributed by atoms with Gasteiger partial charge in [0.1, 0.15) is 0 Å². The van der Waals surface area contributed by atoms with Crippen LogP contribution in [-0.2, 0) is 9.59 Å². The molecule has 0 spiro atoms. The summed E-state index contributed by atoms with van der Waals surface area (Å²) in [7, 11) is 0. The molecule has 0 saturated carbocycles. The summed E-state index contributed by atoms with van der Waals surface area (Å²) in [5, 5.41) is 15.0. The minimum atomic E-state index is -0.885. The van der Waals surface area contributed by atoms with E-state index in [4.69, 9.17) is 5.84 Å². The summed E-state index contributed by atoms with van der Waals surface area (Å²) < 4.78 is 0. The Hall–Kier alpha value is -2.63. The number of carbonyl (C=O) groups excluding carboxylic acids is 2. The van der Waals surface area contributed by atoms with Crippen LogP contribution in [-0.4, -0.2) is 17.5 Å². The number of nitrogens with two attached hydrogens (primary N) is 1. The first-order valence-electron chi connectivity index (χ1n) is 5.18. The maximum absolute atomic E-state index is 12.0. The van der Waals surface area contributed by atoms with Gasteiger partial charge in [0, 0.05) is 0 Å². The summed E-state index contributed by atoms with van der Waals surface area (Å²) in [6.45, 7) is 1.41. The molecule has 0 aromatic heterocycles. The number of nitrogens with zero attached hydrogens (tertiary/aromatic N) is 2.